The third-order valence-corrected chi connectivity index (χ3v) is 10.0. The maximum Gasteiger partial charge on any atom is 0.283 e. The fourth-order valence-corrected chi connectivity index (χ4v) is 8.74. The molecule has 0 unspecified atom stereocenters. The molecule has 0 atom stereocenters. The topological polar surface area (TPSA) is 112 Å². The number of benzene rings is 4. The summed E-state index contributed by atoms with van der Waals surface area (Å²) in [4.78, 5) is 2.72. The van der Waals surface area contributed by atoms with Gasteiger partial charge in [0.15, 0.2) is 5.88 Å². The summed E-state index contributed by atoms with van der Waals surface area (Å²) in [6, 6.07) is 20.8. The van der Waals surface area contributed by atoms with Gasteiger partial charge < -0.3 is 4.90 Å². The van der Waals surface area contributed by atoms with Gasteiger partial charge in [0.05, 0.1) is 10.7 Å². The zero-order valence-corrected chi connectivity index (χ0v) is 23.3. The average Bonchev–Trinajstić information content (AvgIpc) is 3.34. The fraction of sp³-hybridized carbons (Fsp3) is 0.0769. The molecule has 1 aliphatic heterocycles. The van der Waals surface area contributed by atoms with Crippen molar-refractivity contribution in [3.05, 3.63) is 87.2 Å². The van der Waals surface area contributed by atoms with Crippen LogP contribution in [0.15, 0.2) is 76.7 Å². The van der Waals surface area contributed by atoms with Gasteiger partial charge in [-0.2, -0.15) is 16.8 Å². The highest BCUT2D eigenvalue weighted by molar-refractivity contribution is 8.04. The van der Waals surface area contributed by atoms with E-state index in [1.54, 1.807) is 24.3 Å². The summed E-state index contributed by atoms with van der Waals surface area (Å²) in [5, 5.41) is 5.46. The van der Waals surface area contributed by atoms with Gasteiger partial charge in [-0.3, -0.25) is 9.11 Å². The van der Waals surface area contributed by atoms with E-state index >= 15 is 0 Å². The van der Waals surface area contributed by atoms with Crippen molar-refractivity contribution in [2.24, 2.45) is 0 Å². The number of hydrogen-bond donors (Lipinski definition) is 2. The maximum absolute atomic E-state index is 12.1. The number of thioether (sulfide) groups is 1. The molecular weight excluding hydrogens is 586 g/mol. The van der Waals surface area contributed by atoms with Crippen LogP contribution in [0.3, 0.4) is 0 Å². The minimum atomic E-state index is -4.41. The number of fused-ring (bicyclic) bond motifs is 6. The molecule has 0 fully saturated rings. The van der Waals surface area contributed by atoms with Crippen molar-refractivity contribution in [1.82, 2.24) is 0 Å². The Bertz CT molecular complexity index is 2030. The first-order valence-electron chi connectivity index (χ1n) is 11.2. The third kappa shape index (κ3) is 4.79. The van der Waals surface area contributed by atoms with Gasteiger partial charge >= 0.3 is 0 Å². The fourth-order valence-electron chi connectivity index (χ4n) is 4.80. The highest BCUT2D eigenvalue weighted by Crippen LogP contribution is 2.49. The molecule has 1 aliphatic rings. The first-order valence-corrected chi connectivity index (χ1v) is 16.4. The summed E-state index contributed by atoms with van der Waals surface area (Å²) >= 11 is 8.78. The lowest BCUT2D eigenvalue weighted by Gasteiger charge is -2.18. The summed E-state index contributed by atoms with van der Waals surface area (Å²) in [6.45, 7) is 0. The van der Waals surface area contributed by atoms with Crippen molar-refractivity contribution in [1.29, 1.82) is 0 Å². The molecule has 0 radical (unpaired) electrons. The van der Waals surface area contributed by atoms with Crippen LogP contribution in [0.4, 0.5) is 5.69 Å². The third-order valence-electron chi connectivity index (χ3n) is 6.27. The average molecular weight is 604 g/mol. The van der Waals surface area contributed by atoms with Crippen LogP contribution >= 0.6 is 34.7 Å². The van der Waals surface area contributed by atoms with Crippen molar-refractivity contribution in [3.63, 3.8) is 0 Å². The lowest BCUT2D eigenvalue weighted by molar-refractivity contribution is 0.480. The molecule has 194 valence electrons. The normalized spacial score (nSPS) is 15.2. The Kier molecular flexibility index (Phi) is 6.23. The van der Waals surface area contributed by atoms with Crippen molar-refractivity contribution in [2.75, 3.05) is 10.8 Å². The monoisotopic (exact) mass is 603 g/mol. The minimum absolute atomic E-state index is 0.401. The van der Waals surface area contributed by atoms with Crippen LogP contribution in [-0.2, 0) is 26.0 Å². The summed E-state index contributed by atoms with van der Waals surface area (Å²) < 4.78 is 68.3. The van der Waals surface area contributed by atoms with Crippen LogP contribution < -0.4 is 4.90 Å². The van der Waals surface area contributed by atoms with E-state index in [0.29, 0.717) is 31.6 Å². The molecule has 0 bridgehead atoms. The second-order valence-electron chi connectivity index (χ2n) is 8.83. The molecular formula is C26H18ClNO6S4. The molecule has 0 spiro atoms. The second-order valence-corrected chi connectivity index (χ2v) is 14.3. The minimum Gasteiger partial charge on any atom is -0.317 e. The highest BCUT2D eigenvalue weighted by Gasteiger charge is 2.30. The van der Waals surface area contributed by atoms with Crippen LogP contribution in [-0.4, -0.2) is 31.8 Å². The van der Waals surface area contributed by atoms with E-state index in [2.05, 4.69) is 0 Å². The Morgan fingerprint density at radius 3 is 2.39 bits per heavy atom. The molecule has 0 saturated heterocycles. The molecule has 2 N–H and O–H groups in total. The molecule has 0 saturated carbocycles. The van der Waals surface area contributed by atoms with E-state index in [1.807, 2.05) is 48.5 Å². The van der Waals surface area contributed by atoms with Gasteiger partial charge in [0.1, 0.15) is 5.75 Å². The molecule has 0 aliphatic carbocycles. The van der Waals surface area contributed by atoms with E-state index in [1.165, 1.54) is 28.0 Å². The molecule has 4 aromatic carbocycles. The highest BCUT2D eigenvalue weighted by atomic mass is 35.5. The zero-order valence-electron chi connectivity index (χ0n) is 19.3. The number of rotatable bonds is 5. The van der Waals surface area contributed by atoms with Crippen LogP contribution in [0.1, 0.15) is 10.4 Å². The number of nitrogens with zero attached hydrogens (tertiary/aromatic N) is 1. The van der Waals surface area contributed by atoms with Crippen molar-refractivity contribution >= 4 is 98.3 Å². The number of halogens is 1. The first kappa shape index (κ1) is 25.6. The van der Waals surface area contributed by atoms with E-state index in [9.17, 15) is 25.9 Å². The predicted molar refractivity (Wildman–Crippen MR) is 156 cm³/mol. The largest absolute Gasteiger partial charge is 0.317 e. The Morgan fingerprint density at radius 2 is 1.63 bits per heavy atom. The van der Waals surface area contributed by atoms with Crippen molar-refractivity contribution in [3.8, 4) is 0 Å². The van der Waals surface area contributed by atoms with Gasteiger partial charge in [-0.1, -0.05) is 65.8 Å². The second kappa shape index (κ2) is 9.23. The van der Waals surface area contributed by atoms with E-state index in [-0.39, 0.29) is 0 Å². The van der Waals surface area contributed by atoms with Gasteiger partial charge in [0.25, 0.3) is 20.2 Å². The molecule has 6 rings (SSSR count). The van der Waals surface area contributed by atoms with Gasteiger partial charge in [-0.25, -0.2) is 0 Å². The van der Waals surface area contributed by atoms with Crippen LogP contribution in [0.2, 0.25) is 5.02 Å². The lowest BCUT2D eigenvalue weighted by Crippen LogP contribution is -2.25. The standard InChI is InChI=1S/C26H18ClNO6S4/c27-16-6-9-22-21(11-16)28(14-38(32,33)34)25(36-22)12-24-20(13-37(29,30)31)26-19-7-5-15-3-1-2-4-17(15)18(19)8-10-23(26)35-24/h1-12H,13-14H2,(H,29,30,31)(H,32,33,34). The number of hydrogen-bond acceptors (Lipinski definition) is 7. The van der Waals surface area contributed by atoms with Crippen LogP contribution in [0, 0.1) is 0 Å². The predicted octanol–water partition coefficient (Wildman–Crippen LogP) is 7.00. The van der Waals surface area contributed by atoms with Crippen molar-refractivity contribution in [2.45, 2.75) is 10.6 Å². The summed E-state index contributed by atoms with van der Waals surface area (Å²) in [7, 11) is -8.81. The SMILES string of the molecule is O=S(=O)(O)Cc1c(C=C2Sc3ccc(Cl)cc3N2CS(=O)(=O)O)sc2ccc3c4ccccc4ccc3c12. The molecule has 7 nitrogen and oxygen atoms in total. The zero-order chi connectivity index (χ0) is 26.8. The lowest BCUT2D eigenvalue weighted by atomic mass is 9.98. The molecule has 12 heteroatoms. The maximum atomic E-state index is 12.1. The Hall–Kier alpha value is -2.64. The first-order chi connectivity index (χ1) is 18.0. The molecule has 1 aromatic heterocycles. The smallest absolute Gasteiger partial charge is 0.283 e. The Morgan fingerprint density at radius 1 is 0.868 bits per heavy atom. The van der Waals surface area contributed by atoms with Crippen molar-refractivity contribution < 1.29 is 25.9 Å². The van der Waals surface area contributed by atoms with Crippen LogP contribution in [0.25, 0.3) is 37.7 Å². The van der Waals surface area contributed by atoms with Gasteiger partial charge in [0.2, 0.25) is 0 Å². The number of thiophene rings is 1. The Balaban J connectivity index is 1.61. The van der Waals surface area contributed by atoms with Gasteiger partial charge in [-0.05, 0) is 57.4 Å². The summed E-state index contributed by atoms with van der Waals surface area (Å²) in [5.74, 6) is -1.31. The van der Waals surface area contributed by atoms with E-state index < -0.39 is 31.9 Å². The van der Waals surface area contributed by atoms with E-state index in [4.69, 9.17) is 11.6 Å². The molecule has 0 amide bonds. The molecule has 5 aromatic rings. The summed E-state index contributed by atoms with van der Waals surface area (Å²) in [5.41, 5.74) is 0.933. The van der Waals surface area contributed by atoms with Gasteiger partial charge in [-0.15, -0.1) is 11.3 Å². The Labute approximate surface area is 231 Å². The molecule has 38 heavy (non-hydrogen) atoms. The van der Waals surface area contributed by atoms with Gasteiger partial charge in [0, 0.05) is 24.9 Å². The van der Waals surface area contributed by atoms with E-state index in [0.717, 1.165) is 31.1 Å². The molecule has 2 heterocycles. The number of anilines is 1. The summed E-state index contributed by atoms with van der Waals surface area (Å²) in [6.07, 6.45) is 1.70. The van der Waals surface area contributed by atoms with Crippen LogP contribution in [0.5, 0.6) is 0 Å². The quantitative estimate of drug-likeness (QED) is 0.163.